The predicted octanol–water partition coefficient (Wildman–Crippen LogP) is 3.46. The minimum atomic E-state index is -0.487. The minimum Gasteiger partial charge on any atom is -0.360 e. The van der Waals surface area contributed by atoms with Gasteiger partial charge in [-0.3, -0.25) is 14.4 Å². The summed E-state index contributed by atoms with van der Waals surface area (Å²) >= 11 is 6.29. The summed E-state index contributed by atoms with van der Waals surface area (Å²) in [5.74, 6) is 0.336. The number of hydrogen-bond acceptors (Lipinski definition) is 5. The highest BCUT2D eigenvalue weighted by Gasteiger charge is 2.47. The highest BCUT2D eigenvalue weighted by atomic mass is 35.5. The molecule has 0 atom stereocenters. The molecular formula is C20H22ClN3O4. The van der Waals surface area contributed by atoms with Gasteiger partial charge in [0.1, 0.15) is 22.6 Å². The Bertz CT molecular complexity index is 918. The van der Waals surface area contributed by atoms with Crippen LogP contribution in [0.1, 0.15) is 42.3 Å². The van der Waals surface area contributed by atoms with Crippen molar-refractivity contribution in [3.8, 4) is 11.3 Å². The fourth-order valence-corrected chi connectivity index (χ4v) is 4.15. The van der Waals surface area contributed by atoms with Crippen LogP contribution in [0, 0.1) is 6.92 Å². The van der Waals surface area contributed by atoms with Crippen LogP contribution in [0.2, 0.25) is 5.02 Å². The Labute approximate surface area is 168 Å². The molecule has 2 saturated heterocycles. The van der Waals surface area contributed by atoms with Crippen molar-refractivity contribution in [2.45, 2.75) is 38.7 Å². The van der Waals surface area contributed by atoms with Crippen molar-refractivity contribution in [2.24, 2.45) is 0 Å². The number of nitrogens with zero attached hydrogens (tertiary/aromatic N) is 3. The van der Waals surface area contributed by atoms with Gasteiger partial charge in [-0.25, -0.2) is 5.06 Å². The first-order valence-electron chi connectivity index (χ1n) is 9.44. The molecule has 2 fully saturated rings. The van der Waals surface area contributed by atoms with Crippen LogP contribution < -0.4 is 0 Å². The summed E-state index contributed by atoms with van der Waals surface area (Å²) in [6.45, 7) is 5.17. The first kappa shape index (κ1) is 19.0. The maximum absolute atomic E-state index is 13.2. The van der Waals surface area contributed by atoms with Gasteiger partial charge < -0.3 is 9.42 Å². The number of hydroxylamine groups is 2. The summed E-state index contributed by atoms with van der Waals surface area (Å²) in [4.78, 5) is 33.0. The smallest absolute Gasteiger partial charge is 0.259 e. The molecule has 0 bridgehead atoms. The van der Waals surface area contributed by atoms with E-state index >= 15 is 0 Å². The van der Waals surface area contributed by atoms with Crippen LogP contribution in [0.15, 0.2) is 28.8 Å². The van der Waals surface area contributed by atoms with E-state index in [0.717, 1.165) is 0 Å². The normalized spacial score (nSPS) is 18.9. The number of halogens is 1. The maximum Gasteiger partial charge on any atom is 0.259 e. The van der Waals surface area contributed by atoms with Gasteiger partial charge in [0.05, 0.1) is 11.4 Å². The van der Waals surface area contributed by atoms with Gasteiger partial charge in [0.15, 0.2) is 0 Å². The number of aryl methyl sites for hydroxylation is 1. The average molecular weight is 404 g/mol. The Morgan fingerprint density at radius 2 is 2.00 bits per heavy atom. The standard InChI is InChI=1S/C20H22ClN3O4/c1-3-24-16(25)12-20(28-24)8-10-23(11-9-20)19(26)17-13(2)27-22-18(17)14-6-4-5-7-15(14)21/h4-7H,3,8-12H2,1-2H3. The number of hydrogen-bond donors (Lipinski definition) is 0. The zero-order valence-electron chi connectivity index (χ0n) is 15.9. The van der Waals surface area contributed by atoms with E-state index in [9.17, 15) is 9.59 Å². The molecule has 0 aliphatic carbocycles. The molecule has 4 rings (SSSR count). The summed E-state index contributed by atoms with van der Waals surface area (Å²) in [5.41, 5.74) is 1.07. The average Bonchev–Trinajstić information content (AvgIpc) is 3.22. The Hall–Kier alpha value is -2.38. The van der Waals surface area contributed by atoms with Crippen molar-refractivity contribution >= 4 is 23.4 Å². The van der Waals surface area contributed by atoms with Crippen molar-refractivity contribution in [2.75, 3.05) is 19.6 Å². The number of piperidine rings is 1. The number of aromatic nitrogens is 1. The molecule has 8 heteroatoms. The lowest BCUT2D eigenvalue weighted by atomic mass is 9.88. The monoisotopic (exact) mass is 403 g/mol. The lowest BCUT2D eigenvalue weighted by molar-refractivity contribution is -0.206. The topological polar surface area (TPSA) is 75.9 Å². The molecule has 1 aromatic heterocycles. The zero-order chi connectivity index (χ0) is 19.9. The van der Waals surface area contributed by atoms with E-state index in [0.29, 0.717) is 66.5 Å². The van der Waals surface area contributed by atoms with Crippen LogP contribution in [-0.4, -0.2) is 52.2 Å². The van der Waals surface area contributed by atoms with Gasteiger partial charge in [0.2, 0.25) is 5.91 Å². The largest absolute Gasteiger partial charge is 0.360 e. The fourth-order valence-electron chi connectivity index (χ4n) is 3.93. The molecular weight excluding hydrogens is 382 g/mol. The molecule has 2 aliphatic heterocycles. The number of rotatable bonds is 3. The van der Waals surface area contributed by atoms with Gasteiger partial charge in [-0.05, 0) is 32.8 Å². The van der Waals surface area contributed by atoms with E-state index in [4.69, 9.17) is 21.0 Å². The Morgan fingerprint density at radius 1 is 1.29 bits per heavy atom. The lowest BCUT2D eigenvalue weighted by Gasteiger charge is -2.37. The van der Waals surface area contributed by atoms with Crippen LogP contribution in [0.5, 0.6) is 0 Å². The molecule has 0 N–H and O–H groups in total. The van der Waals surface area contributed by atoms with Crippen molar-refractivity contribution in [3.63, 3.8) is 0 Å². The Kier molecular flexibility index (Phi) is 4.89. The molecule has 0 saturated carbocycles. The third-order valence-corrected chi connectivity index (χ3v) is 5.84. The van der Waals surface area contributed by atoms with Gasteiger partial charge in [-0.15, -0.1) is 0 Å². The van der Waals surface area contributed by atoms with E-state index in [1.165, 1.54) is 5.06 Å². The maximum atomic E-state index is 13.2. The Morgan fingerprint density at radius 3 is 2.64 bits per heavy atom. The second-order valence-electron chi connectivity index (χ2n) is 7.27. The van der Waals surface area contributed by atoms with Crippen LogP contribution in [0.25, 0.3) is 11.3 Å². The van der Waals surface area contributed by atoms with E-state index in [-0.39, 0.29) is 11.8 Å². The molecule has 148 valence electrons. The SMILES string of the molecule is CCN1OC2(CCN(C(=O)c3c(-c4ccccc4Cl)noc3C)CC2)CC1=O. The molecule has 28 heavy (non-hydrogen) atoms. The summed E-state index contributed by atoms with van der Waals surface area (Å²) < 4.78 is 5.32. The van der Waals surface area contributed by atoms with E-state index in [2.05, 4.69) is 5.16 Å². The van der Waals surface area contributed by atoms with Gasteiger partial charge in [-0.2, -0.15) is 0 Å². The molecule has 1 spiro atoms. The lowest BCUT2D eigenvalue weighted by Crippen LogP contribution is -2.47. The molecule has 2 aliphatic rings. The predicted molar refractivity (Wildman–Crippen MR) is 103 cm³/mol. The van der Waals surface area contributed by atoms with E-state index in [1.54, 1.807) is 17.9 Å². The van der Waals surface area contributed by atoms with Gasteiger partial charge >= 0.3 is 0 Å². The third kappa shape index (κ3) is 3.18. The fraction of sp³-hybridized carbons (Fsp3) is 0.450. The van der Waals surface area contributed by atoms with E-state index < -0.39 is 5.60 Å². The number of benzene rings is 1. The van der Waals surface area contributed by atoms with Crippen molar-refractivity contribution < 1.29 is 18.9 Å². The highest BCUT2D eigenvalue weighted by molar-refractivity contribution is 6.33. The molecule has 0 radical (unpaired) electrons. The number of carbonyl (C=O) groups excluding carboxylic acids is 2. The van der Waals surface area contributed by atoms with Crippen molar-refractivity contribution in [3.05, 3.63) is 40.6 Å². The summed E-state index contributed by atoms with van der Waals surface area (Å²) in [6.07, 6.45) is 1.61. The summed E-state index contributed by atoms with van der Waals surface area (Å²) in [6, 6.07) is 7.25. The van der Waals surface area contributed by atoms with Gasteiger partial charge in [0.25, 0.3) is 5.91 Å². The Balaban J connectivity index is 1.54. The number of amides is 2. The quantitative estimate of drug-likeness (QED) is 0.784. The summed E-state index contributed by atoms with van der Waals surface area (Å²) in [7, 11) is 0. The third-order valence-electron chi connectivity index (χ3n) is 5.51. The second kappa shape index (κ2) is 7.22. The molecule has 2 aromatic rings. The second-order valence-corrected chi connectivity index (χ2v) is 7.68. The molecule has 1 aromatic carbocycles. The summed E-state index contributed by atoms with van der Waals surface area (Å²) in [5, 5.41) is 6.02. The molecule has 2 amide bonds. The van der Waals surface area contributed by atoms with Crippen molar-refractivity contribution in [1.29, 1.82) is 0 Å². The van der Waals surface area contributed by atoms with E-state index in [1.807, 2.05) is 25.1 Å². The first-order chi connectivity index (χ1) is 13.4. The molecule has 0 unspecified atom stereocenters. The van der Waals surface area contributed by atoms with Gasteiger partial charge in [-0.1, -0.05) is 35.0 Å². The van der Waals surface area contributed by atoms with Gasteiger partial charge in [0, 0.05) is 25.2 Å². The van der Waals surface area contributed by atoms with Crippen molar-refractivity contribution in [1.82, 2.24) is 15.1 Å². The first-order valence-corrected chi connectivity index (χ1v) is 9.82. The number of carbonyl (C=O) groups is 2. The number of likely N-dealkylation sites (tertiary alicyclic amines) is 1. The van der Waals surface area contributed by atoms with Crippen LogP contribution in [0.3, 0.4) is 0 Å². The van der Waals surface area contributed by atoms with Crippen LogP contribution >= 0.6 is 11.6 Å². The van der Waals surface area contributed by atoms with Crippen LogP contribution in [-0.2, 0) is 9.63 Å². The van der Waals surface area contributed by atoms with Crippen LogP contribution in [0.4, 0.5) is 0 Å². The molecule has 3 heterocycles. The molecule has 7 nitrogen and oxygen atoms in total. The zero-order valence-corrected chi connectivity index (χ0v) is 16.7. The minimum absolute atomic E-state index is 0.0122. The highest BCUT2D eigenvalue weighted by Crippen LogP contribution is 2.38.